The quantitative estimate of drug-likeness (QED) is 0.0159. The molecule has 5 rings (SSSR count). The zero-order valence-corrected chi connectivity index (χ0v) is 51.4. The fourth-order valence-electron chi connectivity index (χ4n) is 12.2. The van der Waals surface area contributed by atoms with E-state index >= 15 is 0 Å². The number of nitro groups is 1. The number of fused-ring (bicyclic) bond motifs is 3. The van der Waals surface area contributed by atoms with Crippen molar-refractivity contribution in [3.8, 4) is 0 Å². The highest BCUT2D eigenvalue weighted by Gasteiger charge is 2.53. The third-order valence-corrected chi connectivity index (χ3v) is 17.4. The fraction of sp³-hybridized carbons (Fsp3) is 0.683. The number of cyclic esters (lactones) is 1. The van der Waals surface area contributed by atoms with Crippen LogP contribution in [0, 0.1) is 45.6 Å². The topological polar surface area (TPSA) is 305 Å². The molecule has 3 heterocycles. The first-order valence-corrected chi connectivity index (χ1v) is 30.2. The zero-order chi connectivity index (χ0) is 62.5. The molecule has 2 bridgehead atoms. The zero-order valence-electron chi connectivity index (χ0n) is 51.4. The van der Waals surface area contributed by atoms with Crippen molar-refractivity contribution in [2.75, 3.05) is 39.7 Å². The average molecular weight is 1190 g/mol. The molecule has 1 aliphatic carbocycles. The van der Waals surface area contributed by atoms with Crippen LogP contribution in [0.25, 0.3) is 10.4 Å². The summed E-state index contributed by atoms with van der Waals surface area (Å²) in [4.78, 5) is 101. The Morgan fingerprint density at radius 1 is 0.929 bits per heavy atom. The molecule has 0 radical (unpaired) electrons. The maximum absolute atomic E-state index is 14.7. The van der Waals surface area contributed by atoms with E-state index in [4.69, 9.17) is 34.0 Å². The number of Topliss-reactive ketones (excluding diaryl/α,β-unsaturated/α-hetero) is 3. The summed E-state index contributed by atoms with van der Waals surface area (Å²) in [5, 5.41) is 40.9. The first-order chi connectivity index (χ1) is 40.5. The van der Waals surface area contributed by atoms with Gasteiger partial charge in [0.05, 0.1) is 29.3 Å². The van der Waals surface area contributed by atoms with E-state index in [1.54, 1.807) is 48.0 Å². The van der Waals surface area contributed by atoms with E-state index in [2.05, 4.69) is 15.3 Å². The van der Waals surface area contributed by atoms with Crippen LogP contribution in [-0.4, -0.2) is 144 Å². The second kappa shape index (κ2) is 33.7. The predicted molar refractivity (Wildman–Crippen MR) is 318 cm³/mol. The molecule has 15 atom stereocenters. The number of unbranched alkanes of at least 4 members (excludes halogenated alkanes) is 2. The lowest BCUT2D eigenvalue weighted by molar-refractivity contribution is -0.383. The number of aliphatic hydroxyl groups is 2. The number of esters is 2. The van der Waals surface area contributed by atoms with E-state index in [-0.39, 0.29) is 72.7 Å². The molecular formula is C63H92N6O16. The average Bonchev–Trinajstić information content (AvgIpc) is 3.54. The van der Waals surface area contributed by atoms with Crippen LogP contribution >= 0.6 is 0 Å². The molecule has 22 nitrogen and oxygen atoms in total. The highest BCUT2D eigenvalue weighted by Crippen LogP contribution is 2.38. The summed E-state index contributed by atoms with van der Waals surface area (Å²) in [6, 6.07) is 2.89. The molecule has 22 heteroatoms. The Balaban J connectivity index is 1.46. The molecule has 3 N–H and O–H groups in total. The largest absolute Gasteiger partial charge is 0.460 e. The molecule has 2 saturated heterocycles. The minimum atomic E-state index is -2.48. The monoisotopic (exact) mass is 1190 g/mol. The Kier molecular flexibility index (Phi) is 27.6. The number of carbonyl (C=O) groups excluding carboxylic acids is 6. The number of allylic oxidation sites excluding steroid dienone is 6. The molecule has 0 aromatic heterocycles. The fourth-order valence-corrected chi connectivity index (χ4v) is 12.2. The van der Waals surface area contributed by atoms with Crippen LogP contribution in [0.3, 0.4) is 0 Å². The summed E-state index contributed by atoms with van der Waals surface area (Å²) in [5.41, 5.74) is 10.1. The van der Waals surface area contributed by atoms with Gasteiger partial charge in [-0.2, -0.15) is 0 Å². The van der Waals surface area contributed by atoms with Gasteiger partial charge < -0.3 is 48.9 Å². The smallest absolute Gasteiger partial charge is 0.329 e. The summed E-state index contributed by atoms with van der Waals surface area (Å²) < 4.78 is 36.1. The van der Waals surface area contributed by atoms with Crippen molar-refractivity contribution >= 4 is 52.3 Å². The second-order valence-corrected chi connectivity index (χ2v) is 23.9. The Bertz CT molecular complexity index is 2650. The molecule has 3 aliphatic heterocycles. The third-order valence-electron chi connectivity index (χ3n) is 17.4. The molecule has 470 valence electrons. The summed E-state index contributed by atoms with van der Waals surface area (Å²) in [5.74, 6) is -9.45. The third kappa shape index (κ3) is 19.7. The number of carbonyl (C=O) groups is 6. The normalized spacial score (nSPS) is 33.3. The number of nitrogens with zero attached hydrogens (tertiary/aromatic N) is 5. The number of nitro benzene ring substituents is 1. The van der Waals surface area contributed by atoms with Crippen LogP contribution in [0.1, 0.15) is 151 Å². The van der Waals surface area contributed by atoms with E-state index < -0.39 is 107 Å². The lowest BCUT2D eigenvalue weighted by atomic mass is 9.78. The van der Waals surface area contributed by atoms with Gasteiger partial charge in [-0.15, -0.1) is 0 Å². The Morgan fingerprint density at radius 2 is 1.68 bits per heavy atom. The number of azide groups is 1. The molecular weight excluding hydrogens is 1100 g/mol. The molecule has 0 unspecified atom stereocenters. The van der Waals surface area contributed by atoms with Crippen LogP contribution in [0.5, 0.6) is 0 Å². The molecule has 0 spiro atoms. The molecule has 1 saturated carbocycles. The van der Waals surface area contributed by atoms with Gasteiger partial charge in [-0.05, 0) is 131 Å². The van der Waals surface area contributed by atoms with Crippen LogP contribution in [0.2, 0.25) is 0 Å². The van der Waals surface area contributed by atoms with E-state index in [1.165, 1.54) is 30.2 Å². The number of ether oxygens (including phenoxy) is 6. The van der Waals surface area contributed by atoms with Crippen LogP contribution < -0.4 is 5.32 Å². The first kappa shape index (κ1) is 69.6. The number of piperidine rings is 1. The van der Waals surface area contributed by atoms with Crippen molar-refractivity contribution in [1.29, 1.82) is 0 Å². The Morgan fingerprint density at radius 3 is 2.38 bits per heavy atom. The minimum Gasteiger partial charge on any atom is -0.460 e. The SMILES string of the molecule is CO[C@H]1C[C@@H]2CC[C@@H](C)[C@@](O)(O2)C(=O)C(=O)N2CCCC[C@H]2C(=O)O[C@H]([C@H](C)C[C@@H]2CC[C@@H](O)[C@H](OC)C2)CC(=O)[C@H](C)/C=C(\C)[C@@H](OC(=O)CCCCCNc2ccc(N=[N+]=[N-])cc2[N+](=O)[O-])[C@@H](OC)C(=O)[C@H](C)C[C@H](C)/C=C/C=C/C=C/1C. The van der Waals surface area contributed by atoms with Gasteiger partial charge in [0, 0.05) is 88.1 Å². The van der Waals surface area contributed by atoms with Gasteiger partial charge in [0.15, 0.2) is 18.0 Å². The van der Waals surface area contributed by atoms with Crippen LogP contribution in [-0.2, 0) is 57.2 Å². The molecule has 3 fully saturated rings. The Labute approximate surface area is 500 Å². The van der Waals surface area contributed by atoms with E-state index in [1.807, 2.05) is 51.2 Å². The lowest BCUT2D eigenvalue weighted by Crippen LogP contribution is -2.61. The van der Waals surface area contributed by atoms with Gasteiger partial charge in [-0.3, -0.25) is 34.1 Å². The molecule has 4 aliphatic rings. The molecule has 1 amide bonds. The molecule has 1 aromatic carbocycles. The molecule has 85 heavy (non-hydrogen) atoms. The van der Waals surface area contributed by atoms with Gasteiger partial charge in [-0.1, -0.05) is 88.7 Å². The van der Waals surface area contributed by atoms with Gasteiger partial charge in [0.1, 0.15) is 23.6 Å². The number of amides is 1. The second-order valence-electron chi connectivity index (χ2n) is 23.9. The van der Waals surface area contributed by atoms with Crippen molar-refractivity contribution < 1.29 is 72.3 Å². The van der Waals surface area contributed by atoms with Crippen molar-refractivity contribution in [3.05, 3.63) is 86.4 Å². The standard InChI is InChI=1S/C63H92N6O16/c1-38-19-13-11-14-20-39(2)53(80-8)36-47-26-23-44(7)63(77,85-47)60(74)61(75)68-30-18-16-21-49(68)62(76)83-54(41(4)33-45-24-28-51(70)55(34-45)81-9)37-52(71)40(3)32-43(6)58(59(82-10)57(73)42(5)31-38)84-56(72)22-15-12-17-29-65-48-27-25-46(66-67-64)35-50(48)69(78)79/h11,13-14,19-20,25,27,32,35,38,40-42,44-45,47,49,51,53-55,58-59,65,70,77H,12,15-18,21-24,26,28-31,33-34,36-37H2,1-10H3/b14-11+,19-13+,39-20+,43-32+/t38-,40-,41-,42-,44-,45+,47+,49+,51-,53+,54+,55-,58-,59+,63-/m1/s1. The minimum absolute atomic E-state index is 0.0402. The summed E-state index contributed by atoms with van der Waals surface area (Å²) in [7, 11) is 4.47. The summed E-state index contributed by atoms with van der Waals surface area (Å²) in [6.45, 7) is 12.9. The number of methoxy groups -OCH3 is 3. The maximum Gasteiger partial charge on any atom is 0.329 e. The van der Waals surface area contributed by atoms with E-state index in [9.17, 15) is 49.1 Å². The Hall–Kier alpha value is -6.13. The number of aliphatic hydroxyl groups excluding tert-OH is 1. The van der Waals surface area contributed by atoms with Gasteiger partial charge in [-0.25, -0.2) is 4.79 Å². The number of hydrogen-bond donors (Lipinski definition) is 3. The highest BCUT2D eigenvalue weighted by atomic mass is 16.6. The van der Waals surface area contributed by atoms with Crippen molar-refractivity contribution in [1.82, 2.24) is 4.90 Å². The number of ketones is 3. The van der Waals surface area contributed by atoms with Gasteiger partial charge in [0.2, 0.25) is 5.79 Å². The van der Waals surface area contributed by atoms with Crippen molar-refractivity contribution in [2.24, 2.45) is 40.6 Å². The number of anilines is 1. The maximum atomic E-state index is 14.7. The van der Waals surface area contributed by atoms with E-state index in [0.717, 1.165) is 5.57 Å². The van der Waals surface area contributed by atoms with Crippen LogP contribution in [0.15, 0.2) is 70.9 Å². The predicted octanol–water partition coefficient (Wildman–Crippen LogP) is 10.3. The summed E-state index contributed by atoms with van der Waals surface area (Å²) >= 11 is 0. The van der Waals surface area contributed by atoms with Crippen molar-refractivity contribution in [3.63, 3.8) is 0 Å². The van der Waals surface area contributed by atoms with Gasteiger partial charge >= 0.3 is 11.9 Å². The first-order valence-electron chi connectivity index (χ1n) is 30.2. The molecule has 1 aromatic rings. The number of hydrogen-bond acceptors (Lipinski definition) is 18. The number of benzene rings is 1. The van der Waals surface area contributed by atoms with Crippen LogP contribution in [0.4, 0.5) is 17.1 Å². The number of nitrogens with one attached hydrogen (secondary N) is 1. The summed E-state index contributed by atoms with van der Waals surface area (Å²) in [6.07, 6.45) is 11.4. The highest BCUT2D eigenvalue weighted by molar-refractivity contribution is 6.39. The van der Waals surface area contributed by atoms with E-state index in [0.29, 0.717) is 89.2 Å². The van der Waals surface area contributed by atoms with Crippen molar-refractivity contribution in [2.45, 2.75) is 206 Å². The lowest BCUT2D eigenvalue weighted by Gasteiger charge is -2.42. The van der Waals surface area contributed by atoms with Gasteiger partial charge in [0.25, 0.3) is 17.4 Å². The number of rotatable bonds is 16.